The van der Waals surface area contributed by atoms with Crippen molar-refractivity contribution in [1.29, 1.82) is 0 Å². The number of aliphatic hydroxyl groups excluding tert-OH is 1. The van der Waals surface area contributed by atoms with Gasteiger partial charge in [-0.3, -0.25) is 9.69 Å². The SMILES string of the molecule is COc1ccc(OC)c2c1CN(CC(=O)N1CCc3sccc3C1)CC2O. The Bertz CT molecular complexity index is 851. The summed E-state index contributed by atoms with van der Waals surface area (Å²) in [5.74, 6) is 1.47. The highest BCUT2D eigenvalue weighted by molar-refractivity contribution is 7.10. The molecule has 144 valence electrons. The summed E-state index contributed by atoms with van der Waals surface area (Å²) in [6.45, 7) is 2.68. The average Bonchev–Trinajstić information content (AvgIpc) is 3.14. The summed E-state index contributed by atoms with van der Waals surface area (Å²) in [4.78, 5) is 18.1. The molecule has 1 atom stereocenters. The number of fused-ring (bicyclic) bond motifs is 2. The van der Waals surface area contributed by atoms with Crippen LogP contribution < -0.4 is 9.47 Å². The van der Waals surface area contributed by atoms with Crippen LogP contribution in [-0.4, -0.2) is 54.7 Å². The number of methoxy groups -OCH3 is 2. The zero-order valence-corrected chi connectivity index (χ0v) is 16.4. The van der Waals surface area contributed by atoms with Gasteiger partial charge in [-0.05, 0) is 35.6 Å². The smallest absolute Gasteiger partial charge is 0.237 e. The van der Waals surface area contributed by atoms with Gasteiger partial charge >= 0.3 is 0 Å². The predicted octanol–water partition coefficient (Wildman–Crippen LogP) is 2.20. The second kappa shape index (κ2) is 7.50. The molecule has 0 fully saturated rings. The molecule has 6 nitrogen and oxygen atoms in total. The number of carbonyl (C=O) groups is 1. The van der Waals surface area contributed by atoms with Crippen molar-refractivity contribution in [3.8, 4) is 11.5 Å². The summed E-state index contributed by atoms with van der Waals surface area (Å²) < 4.78 is 10.9. The number of amides is 1. The summed E-state index contributed by atoms with van der Waals surface area (Å²) in [5, 5.41) is 12.8. The number of hydrogen-bond donors (Lipinski definition) is 1. The van der Waals surface area contributed by atoms with Crippen LogP contribution in [0.25, 0.3) is 0 Å². The Morgan fingerprint density at radius 3 is 2.78 bits per heavy atom. The van der Waals surface area contributed by atoms with Crippen molar-refractivity contribution in [2.75, 3.05) is 33.9 Å². The van der Waals surface area contributed by atoms with E-state index in [1.165, 1.54) is 10.4 Å². The normalized spacial score (nSPS) is 19.4. The first-order valence-corrected chi connectivity index (χ1v) is 9.96. The molecule has 0 bridgehead atoms. The highest BCUT2D eigenvalue weighted by Gasteiger charge is 2.31. The van der Waals surface area contributed by atoms with Gasteiger partial charge in [-0.15, -0.1) is 11.3 Å². The molecule has 2 aliphatic heterocycles. The van der Waals surface area contributed by atoms with E-state index in [-0.39, 0.29) is 12.5 Å². The molecule has 27 heavy (non-hydrogen) atoms. The zero-order valence-electron chi connectivity index (χ0n) is 15.6. The fourth-order valence-electron chi connectivity index (χ4n) is 4.02. The van der Waals surface area contributed by atoms with Crippen LogP contribution >= 0.6 is 11.3 Å². The van der Waals surface area contributed by atoms with E-state index in [0.29, 0.717) is 31.1 Å². The van der Waals surface area contributed by atoms with Gasteiger partial charge in [0.05, 0.1) is 26.9 Å². The second-order valence-corrected chi connectivity index (χ2v) is 7.98. The van der Waals surface area contributed by atoms with Gasteiger partial charge in [-0.25, -0.2) is 0 Å². The molecule has 3 heterocycles. The highest BCUT2D eigenvalue weighted by atomic mass is 32.1. The maximum absolute atomic E-state index is 12.8. The largest absolute Gasteiger partial charge is 0.496 e. The Labute approximate surface area is 162 Å². The minimum atomic E-state index is -0.712. The molecule has 0 spiro atoms. The topological polar surface area (TPSA) is 62.2 Å². The van der Waals surface area contributed by atoms with Crippen molar-refractivity contribution in [1.82, 2.24) is 9.80 Å². The van der Waals surface area contributed by atoms with Crippen LogP contribution in [0, 0.1) is 0 Å². The fraction of sp³-hybridized carbons (Fsp3) is 0.450. The van der Waals surface area contributed by atoms with Gasteiger partial charge in [-0.2, -0.15) is 0 Å². The minimum absolute atomic E-state index is 0.101. The van der Waals surface area contributed by atoms with Crippen molar-refractivity contribution >= 4 is 17.2 Å². The zero-order chi connectivity index (χ0) is 19.0. The van der Waals surface area contributed by atoms with Crippen LogP contribution in [0.15, 0.2) is 23.6 Å². The van der Waals surface area contributed by atoms with Crippen molar-refractivity contribution < 1.29 is 19.4 Å². The molecule has 7 heteroatoms. The van der Waals surface area contributed by atoms with Gasteiger partial charge in [-0.1, -0.05) is 0 Å². The van der Waals surface area contributed by atoms with E-state index in [1.807, 2.05) is 21.9 Å². The van der Waals surface area contributed by atoms with Gasteiger partial charge in [0.1, 0.15) is 11.5 Å². The minimum Gasteiger partial charge on any atom is -0.496 e. The van der Waals surface area contributed by atoms with Crippen molar-refractivity contribution in [2.45, 2.75) is 25.6 Å². The number of thiophene rings is 1. The summed E-state index contributed by atoms with van der Waals surface area (Å²) in [7, 11) is 3.21. The fourth-order valence-corrected chi connectivity index (χ4v) is 4.91. The third-order valence-electron chi connectivity index (χ3n) is 5.38. The first kappa shape index (κ1) is 18.3. The maximum Gasteiger partial charge on any atom is 0.237 e. The molecule has 4 rings (SSSR count). The van der Waals surface area contributed by atoms with E-state index in [2.05, 4.69) is 11.4 Å². The molecule has 1 aromatic carbocycles. The predicted molar refractivity (Wildman–Crippen MR) is 103 cm³/mol. The van der Waals surface area contributed by atoms with E-state index in [4.69, 9.17) is 9.47 Å². The van der Waals surface area contributed by atoms with E-state index < -0.39 is 6.10 Å². The molecule has 0 radical (unpaired) electrons. The molecule has 0 saturated carbocycles. The molecule has 2 aliphatic rings. The van der Waals surface area contributed by atoms with Gasteiger partial charge in [0.2, 0.25) is 5.91 Å². The molecule has 1 amide bonds. The standard InChI is InChI=1S/C20H24N2O4S/c1-25-16-3-4-17(26-2)20-14(16)10-21(11-15(20)23)12-19(24)22-7-5-18-13(9-22)6-8-27-18/h3-4,6,8,15,23H,5,7,9-12H2,1-2H3. The molecular formula is C20H24N2O4S. The molecule has 1 N–H and O–H groups in total. The van der Waals surface area contributed by atoms with E-state index in [1.54, 1.807) is 25.6 Å². The number of nitrogens with zero attached hydrogens (tertiary/aromatic N) is 2. The number of ether oxygens (including phenoxy) is 2. The van der Waals surface area contributed by atoms with Gasteiger partial charge in [0, 0.05) is 42.2 Å². The quantitative estimate of drug-likeness (QED) is 0.870. The van der Waals surface area contributed by atoms with Crippen molar-refractivity contribution in [3.63, 3.8) is 0 Å². The number of rotatable bonds is 4. The summed E-state index contributed by atoms with van der Waals surface area (Å²) in [5.41, 5.74) is 2.92. The molecular weight excluding hydrogens is 364 g/mol. The number of carbonyl (C=O) groups excluding carboxylic acids is 1. The molecule has 0 saturated heterocycles. The first-order valence-electron chi connectivity index (χ1n) is 9.08. The molecule has 1 aromatic heterocycles. The summed E-state index contributed by atoms with van der Waals surface area (Å²) in [6.07, 6.45) is 0.214. The van der Waals surface area contributed by atoms with Crippen LogP contribution in [0.5, 0.6) is 11.5 Å². The lowest BCUT2D eigenvalue weighted by Gasteiger charge is -2.35. The van der Waals surface area contributed by atoms with E-state index in [9.17, 15) is 9.90 Å². The van der Waals surface area contributed by atoms with Crippen LogP contribution in [0.3, 0.4) is 0 Å². The number of β-amino-alcohol motifs (C(OH)–C–C–N with tert-alkyl or cyclic N) is 1. The third-order valence-corrected chi connectivity index (χ3v) is 6.40. The number of aliphatic hydroxyl groups is 1. The Morgan fingerprint density at radius 2 is 2.00 bits per heavy atom. The van der Waals surface area contributed by atoms with E-state index in [0.717, 1.165) is 24.1 Å². The molecule has 0 aliphatic carbocycles. The Balaban J connectivity index is 1.50. The van der Waals surface area contributed by atoms with Crippen LogP contribution in [-0.2, 0) is 24.3 Å². The molecule has 2 aromatic rings. The van der Waals surface area contributed by atoms with Crippen LogP contribution in [0.4, 0.5) is 0 Å². The third kappa shape index (κ3) is 3.42. The van der Waals surface area contributed by atoms with Crippen LogP contribution in [0.2, 0.25) is 0 Å². The monoisotopic (exact) mass is 388 g/mol. The van der Waals surface area contributed by atoms with E-state index >= 15 is 0 Å². The average molecular weight is 388 g/mol. The second-order valence-electron chi connectivity index (χ2n) is 6.98. The van der Waals surface area contributed by atoms with Gasteiger partial charge in [0.25, 0.3) is 0 Å². The maximum atomic E-state index is 12.8. The summed E-state index contributed by atoms with van der Waals surface area (Å²) >= 11 is 1.77. The Hall–Kier alpha value is -2.09. The highest BCUT2D eigenvalue weighted by Crippen LogP contribution is 2.39. The van der Waals surface area contributed by atoms with Gasteiger partial charge in [0.15, 0.2) is 0 Å². The lowest BCUT2D eigenvalue weighted by Crippen LogP contribution is -2.44. The first-order chi connectivity index (χ1) is 13.1. The lowest BCUT2D eigenvalue weighted by molar-refractivity contribution is -0.134. The molecule has 1 unspecified atom stereocenters. The summed E-state index contributed by atoms with van der Waals surface area (Å²) in [6, 6.07) is 5.77. The Kier molecular flexibility index (Phi) is 5.08. The Morgan fingerprint density at radius 1 is 1.22 bits per heavy atom. The van der Waals surface area contributed by atoms with Crippen molar-refractivity contribution in [3.05, 3.63) is 45.1 Å². The lowest BCUT2D eigenvalue weighted by atomic mass is 9.95. The van der Waals surface area contributed by atoms with Crippen molar-refractivity contribution in [2.24, 2.45) is 0 Å². The number of benzene rings is 1. The number of hydrogen-bond acceptors (Lipinski definition) is 6. The van der Waals surface area contributed by atoms with Crippen LogP contribution in [0.1, 0.15) is 27.7 Å². The van der Waals surface area contributed by atoms with Gasteiger partial charge < -0.3 is 19.5 Å².